The van der Waals surface area contributed by atoms with Crippen LogP contribution < -0.4 is 15.5 Å². The first-order chi connectivity index (χ1) is 19.6. The molecule has 3 saturated heterocycles. The van der Waals surface area contributed by atoms with Gasteiger partial charge in [-0.15, -0.1) is 0 Å². The first-order valence-corrected chi connectivity index (χ1v) is 14.9. The van der Waals surface area contributed by atoms with E-state index in [0.717, 1.165) is 76.9 Å². The molecule has 2 aromatic rings. The van der Waals surface area contributed by atoms with Gasteiger partial charge in [0.1, 0.15) is 11.5 Å². The highest BCUT2D eigenvalue weighted by molar-refractivity contribution is 5.98. The summed E-state index contributed by atoms with van der Waals surface area (Å²) in [7, 11) is 0. The number of piperidine rings is 2. The number of Topliss-reactive ketones (excluding diaryl/α,β-unsaturated/α-hetero) is 1. The monoisotopic (exact) mass is 545 g/mol. The summed E-state index contributed by atoms with van der Waals surface area (Å²) in [6.07, 6.45) is 10.7. The van der Waals surface area contributed by atoms with Crippen molar-refractivity contribution in [2.45, 2.75) is 63.5 Å². The Morgan fingerprint density at radius 2 is 1.62 bits per heavy atom. The zero-order chi connectivity index (χ0) is 27.5. The number of carbonyl (C=O) groups excluding carboxylic acids is 3. The van der Waals surface area contributed by atoms with Gasteiger partial charge >= 0.3 is 6.03 Å². The van der Waals surface area contributed by atoms with E-state index in [1.165, 1.54) is 12.8 Å². The molecule has 1 aromatic carbocycles. The van der Waals surface area contributed by atoms with E-state index in [4.69, 9.17) is 4.98 Å². The second-order valence-electron chi connectivity index (χ2n) is 11.5. The minimum absolute atomic E-state index is 0.0688. The van der Waals surface area contributed by atoms with Crippen molar-refractivity contribution >= 4 is 35.4 Å². The van der Waals surface area contributed by atoms with Gasteiger partial charge in [0.2, 0.25) is 0 Å². The average Bonchev–Trinajstić information content (AvgIpc) is 3.67. The predicted molar refractivity (Wildman–Crippen MR) is 153 cm³/mol. The Bertz CT molecular complexity index is 1220. The Labute approximate surface area is 235 Å². The third kappa shape index (κ3) is 5.54. The van der Waals surface area contributed by atoms with Crippen molar-refractivity contribution in [2.75, 3.05) is 49.5 Å². The minimum atomic E-state index is 0.0688. The maximum Gasteiger partial charge on any atom is 0.320 e. The lowest BCUT2D eigenvalue weighted by Gasteiger charge is -2.38. The van der Waals surface area contributed by atoms with Crippen LogP contribution in [-0.4, -0.2) is 89.2 Å². The largest absolute Gasteiger partial charge is 0.353 e. The molecule has 0 spiro atoms. The molecule has 10 nitrogen and oxygen atoms in total. The molecule has 4 heterocycles. The zero-order valence-electron chi connectivity index (χ0n) is 23.1. The van der Waals surface area contributed by atoms with Crippen LogP contribution in [0, 0.1) is 5.92 Å². The third-order valence-electron chi connectivity index (χ3n) is 9.04. The van der Waals surface area contributed by atoms with Crippen LogP contribution in [0.15, 0.2) is 30.5 Å². The fourth-order valence-electron chi connectivity index (χ4n) is 6.78. The first-order valence-electron chi connectivity index (χ1n) is 14.9. The molecular weight excluding hydrogens is 506 g/mol. The molecule has 212 valence electrons. The summed E-state index contributed by atoms with van der Waals surface area (Å²) in [4.78, 5) is 53.4. The minimum Gasteiger partial charge on any atom is -0.353 e. The number of benzene rings is 1. The fourth-order valence-corrected chi connectivity index (χ4v) is 6.78. The van der Waals surface area contributed by atoms with Crippen molar-refractivity contribution in [3.05, 3.63) is 41.7 Å². The number of carbonyl (C=O) groups is 3. The summed E-state index contributed by atoms with van der Waals surface area (Å²) in [5.74, 6) is 1.33. The Hall–Kier alpha value is -3.53. The number of urea groups is 1. The number of nitrogens with one attached hydrogen (secondary N) is 2. The molecular formula is C30H39N7O3. The Morgan fingerprint density at radius 3 is 2.35 bits per heavy atom. The number of aromatic nitrogens is 2. The standard InChI is InChI=1S/C30H39N7O3/c38-20-26-29(33-23-9-7-21(8-10-23)28(39)22-11-13-31-14-12-22)34-27(18-32-26)35-15-3-6-25(19-35)37-17-16-36(30(37)40)24-4-1-2-5-24/h7-10,18,20,22,24-25,31H,1-6,11-17,19H2,(H,33,34). The molecule has 6 rings (SSSR count). The second kappa shape index (κ2) is 11.9. The Kier molecular flexibility index (Phi) is 7.95. The molecule has 0 bridgehead atoms. The van der Waals surface area contributed by atoms with E-state index >= 15 is 0 Å². The molecule has 40 heavy (non-hydrogen) atoms. The Morgan fingerprint density at radius 1 is 0.925 bits per heavy atom. The number of rotatable bonds is 8. The number of aldehydes is 1. The van der Waals surface area contributed by atoms with E-state index in [9.17, 15) is 14.4 Å². The van der Waals surface area contributed by atoms with Gasteiger partial charge in [0, 0.05) is 49.4 Å². The van der Waals surface area contributed by atoms with E-state index in [-0.39, 0.29) is 29.5 Å². The summed E-state index contributed by atoms with van der Waals surface area (Å²) >= 11 is 0. The van der Waals surface area contributed by atoms with E-state index in [1.54, 1.807) is 6.20 Å². The van der Waals surface area contributed by atoms with E-state index in [2.05, 4.69) is 30.3 Å². The third-order valence-corrected chi connectivity index (χ3v) is 9.04. The van der Waals surface area contributed by atoms with Gasteiger partial charge in [0.15, 0.2) is 17.9 Å². The van der Waals surface area contributed by atoms with Gasteiger partial charge in [-0.2, -0.15) is 0 Å². The molecule has 1 atom stereocenters. The highest BCUT2D eigenvalue weighted by atomic mass is 16.2. The van der Waals surface area contributed by atoms with Crippen LogP contribution in [0.25, 0.3) is 0 Å². The van der Waals surface area contributed by atoms with Gasteiger partial charge < -0.3 is 25.3 Å². The molecule has 10 heteroatoms. The van der Waals surface area contributed by atoms with Gasteiger partial charge in [-0.3, -0.25) is 9.59 Å². The highest BCUT2D eigenvalue weighted by Gasteiger charge is 2.39. The molecule has 3 aliphatic heterocycles. The lowest BCUT2D eigenvalue weighted by Crippen LogP contribution is -2.50. The summed E-state index contributed by atoms with van der Waals surface area (Å²) < 4.78 is 0. The lowest BCUT2D eigenvalue weighted by molar-refractivity contribution is 0.0895. The number of amides is 2. The molecule has 0 radical (unpaired) electrons. The molecule has 1 unspecified atom stereocenters. The van der Waals surface area contributed by atoms with Gasteiger partial charge in [0.25, 0.3) is 0 Å². The number of anilines is 3. The maximum atomic E-state index is 13.3. The van der Waals surface area contributed by atoms with E-state index in [0.29, 0.717) is 36.1 Å². The molecule has 2 amide bonds. The van der Waals surface area contributed by atoms with Crippen LogP contribution in [0.2, 0.25) is 0 Å². The summed E-state index contributed by atoms with van der Waals surface area (Å²) in [6.45, 7) is 4.89. The van der Waals surface area contributed by atoms with Crippen LogP contribution in [0.4, 0.5) is 22.1 Å². The number of nitrogens with zero attached hydrogens (tertiary/aromatic N) is 5. The van der Waals surface area contributed by atoms with Crippen LogP contribution in [0.5, 0.6) is 0 Å². The maximum absolute atomic E-state index is 13.3. The number of ketones is 1. The summed E-state index contributed by atoms with van der Waals surface area (Å²) in [5.41, 5.74) is 1.67. The van der Waals surface area contributed by atoms with Crippen LogP contribution >= 0.6 is 0 Å². The predicted octanol–water partition coefficient (Wildman–Crippen LogP) is 3.86. The zero-order valence-corrected chi connectivity index (χ0v) is 23.1. The topological polar surface area (TPSA) is 111 Å². The molecule has 4 aliphatic rings. The van der Waals surface area contributed by atoms with Crippen molar-refractivity contribution in [3.63, 3.8) is 0 Å². The fraction of sp³-hybridized carbons (Fsp3) is 0.567. The van der Waals surface area contributed by atoms with Crippen molar-refractivity contribution in [3.8, 4) is 0 Å². The highest BCUT2D eigenvalue weighted by Crippen LogP contribution is 2.30. The van der Waals surface area contributed by atoms with E-state index in [1.807, 2.05) is 24.3 Å². The molecule has 4 fully saturated rings. The average molecular weight is 546 g/mol. The van der Waals surface area contributed by atoms with E-state index < -0.39 is 0 Å². The quantitative estimate of drug-likeness (QED) is 0.380. The number of hydrogen-bond donors (Lipinski definition) is 2. The van der Waals surface area contributed by atoms with Gasteiger partial charge in [-0.25, -0.2) is 14.8 Å². The van der Waals surface area contributed by atoms with Crippen molar-refractivity contribution in [1.82, 2.24) is 25.1 Å². The normalized spacial score (nSPS) is 22.6. The SMILES string of the molecule is O=Cc1ncc(N2CCCC(N3CCN(C4CCCC4)C3=O)C2)nc1Nc1ccc(C(=O)C2CCNCC2)cc1. The summed E-state index contributed by atoms with van der Waals surface area (Å²) in [6, 6.07) is 8.10. The summed E-state index contributed by atoms with van der Waals surface area (Å²) in [5, 5.41) is 6.54. The molecule has 1 aromatic heterocycles. The number of hydrogen-bond acceptors (Lipinski definition) is 8. The van der Waals surface area contributed by atoms with Crippen molar-refractivity contribution in [2.24, 2.45) is 5.92 Å². The van der Waals surface area contributed by atoms with Gasteiger partial charge in [0.05, 0.1) is 12.2 Å². The molecule has 1 aliphatic carbocycles. The lowest BCUT2D eigenvalue weighted by atomic mass is 9.89. The van der Waals surface area contributed by atoms with Crippen LogP contribution in [0.1, 0.15) is 72.2 Å². The molecule has 1 saturated carbocycles. The Balaban J connectivity index is 1.13. The van der Waals surface area contributed by atoms with Gasteiger partial charge in [-0.1, -0.05) is 12.8 Å². The molecule has 2 N–H and O–H groups in total. The smallest absolute Gasteiger partial charge is 0.320 e. The van der Waals surface area contributed by atoms with Crippen molar-refractivity contribution in [1.29, 1.82) is 0 Å². The van der Waals surface area contributed by atoms with Crippen LogP contribution in [-0.2, 0) is 0 Å². The first kappa shape index (κ1) is 26.7. The van der Waals surface area contributed by atoms with Gasteiger partial charge in [-0.05, 0) is 75.9 Å². The second-order valence-corrected chi connectivity index (χ2v) is 11.5. The van der Waals surface area contributed by atoms with Crippen LogP contribution in [0.3, 0.4) is 0 Å². The van der Waals surface area contributed by atoms with Crippen molar-refractivity contribution < 1.29 is 14.4 Å².